The lowest BCUT2D eigenvalue weighted by Crippen LogP contribution is -2.39. The maximum absolute atomic E-state index is 12.4. The van der Waals surface area contributed by atoms with Gasteiger partial charge in [-0.05, 0) is 51.6 Å². The molecular formula is C15H25N3O2S. The monoisotopic (exact) mass is 311 g/mol. The van der Waals surface area contributed by atoms with Crippen molar-refractivity contribution in [3.63, 3.8) is 0 Å². The van der Waals surface area contributed by atoms with Crippen LogP contribution in [0.5, 0.6) is 0 Å². The van der Waals surface area contributed by atoms with E-state index in [-0.39, 0.29) is 6.04 Å². The number of sulfonamides is 1. The molecular weight excluding hydrogens is 286 g/mol. The first-order valence-corrected chi connectivity index (χ1v) is 8.84. The summed E-state index contributed by atoms with van der Waals surface area (Å²) in [5.74, 6) is 0. The van der Waals surface area contributed by atoms with Crippen LogP contribution in [0.15, 0.2) is 29.2 Å². The third-order valence-corrected chi connectivity index (χ3v) is 4.96. The second-order valence-corrected chi connectivity index (χ2v) is 7.80. The number of hydrogen-bond donors (Lipinski definition) is 2. The number of hydrogen-bond acceptors (Lipinski definition) is 4. The van der Waals surface area contributed by atoms with Crippen LogP contribution in [0, 0.1) is 0 Å². The van der Waals surface area contributed by atoms with Gasteiger partial charge in [0, 0.05) is 25.2 Å². The number of nitrogens with one attached hydrogen (secondary N) is 2. The molecule has 0 heterocycles. The Bertz CT molecular complexity index is 568. The summed E-state index contributed by atoms with van der Waals surface area (Å²) in [6.07, 6.45) is 2.45. The zero-order chi connectivity index (χ0) is 15.5. The average molecular weight is 311 g/mol. The second-order valence-electron chi connectivity index (χ2n) is 6.09. The quantitative estimate of drug-likeness (QED) is 0.756. The van der Waals surface area contributed by atoms with Gasteiger partial charge >= 0.3 is 0 Å². The molecule has 1 saturated carbocycles. The minimum absolute atomic E-state index is 0.127. The SMILES string of the molecule is CC(CN(C)C)NS(=O)(=O)c1cccc(CNC2CC2)c1. The molecule has 0 aromatic heterocycles. The highest BCUT2D eigenvalue weighted by Gasteiger charge is 2.21. The van der Waals surface area contributed by atoms with Crippen LogP contribution in [0.2, 0.25) is 0 Å². The fraction of sp³-hybridized carbons (Fsp3) is 0.600. The van der Waals surface area contributed by atoms with E-state index in [1.165, 1.54) is 12.8 Å². The van der Waals surface area contributed by atoms with Crippen LogP contribution in [0.4, 0.5) is 0 Å². The molecule has 0 bridgehead atoms. The van der Waals surface area contributed by atoms with Gasteiger partial charge in [-0.1, -0.05) is 12.1 Å². The standard InChI is InChI=1S/C15H25N3O2S/c1-12(11-18(2)3)17-21(19,20)15-6-4-5-13(9-15)10-16-14-7-8-14/h4-6,9,12,14,16-17H,7-8,10-11H2,1-3H3. The summed E-state index contributed by atoms with van der Waals surface area (Å²) in [5, 5.41) is 3.40. The van der Waals surface area contributed by atoms with E-state index in [1.54, 1.807) is 18.2 Å². The van der Waals surface area contributed by atoms with Gasteiger partial charge in [-0.15, -0.1) is 0 Å². The Morgan fingerprint density at radius 3 is 2.67 bits per heavy atom. The van der Waals surface area contributed by atoms with Gasteiger partial charge < -0.3 is 10.2 Å². The lowest BCUT2D eigenvalue weighted by atomic mass is 10.2. The van der Waals surface area contributed by atoms with E-state index in [0.717, 1.165) is 12.1 Å². The predicted molar refractivity (Wildman–Crippen MR) is 84.6 cm³/mol. The normalized spacial score (nSPS) is 17.1. The zero-order valence-electron chi connectivity index (χ0n) is 13.0. The number of nitrogens with zero attached hydrogens (tertiary/aromatic N) is 1. The summed E-state index contributed by atoms with van der Waals surface area (Å²) in [5.41, 5.74) is 1.00. The third kappa shape index (κ3) is 5.39. The summed E-state index contributed by atoms with van der Waals surface area (Å²) in [4.78, 5) is 2.30. The van der Waals surface area contributed by atoms with Gasteiger partial charge in [0.25, 0.3) is 0 Å². The maximum Gasteiger partial charge on any atom is 0.240 e. The first-order valence-electron chi connectivity index (χ1n) is 7.36. The van der Waals surface area contributed by atoms with Crippen LogP contribution in [0.1, 0.15) is 25.3 Å². The minimum atomic E-state index is -3.46. The van der Waals surface area contributed by atoms with Crippen LogP contribution in [0.3, 0.4) is 0 Å². The van der Waals surface area contributed by atoms with Gasteiger partial charge in [0.1, 0.15) is 0 Å². The van der Waals surface area contributed by atoms with Crippen LogP contribution < -0.4 is 10.0 Å². The van der Waals surface area contributed by atoms with Gasteiger partial charge in [-0.2, -0.15) is 0 Å². The Balaban J connectivity index is 2.02. The molecule has 1 aromatic carbocycles. The third-order valence-electron chi connectivity index (χ3n) is 3.38. The molecule has 2 N–H and O–H groups in total. The van der Waals surface area contributed by atoms with Crippen LogP contribution in [0.25, 0.3) is 0 Å². The number of rotatable bonds is 8. The van der Waals surface area contributed by atoms with E-state index in [0.29, 0.717) is 17.5 Å². The van der Waals surface area contributed by atoms with Crippen molar-refractivity contribution in [3.05, 3.63) is 29.8 Å². The smallest absolute Gasteiger partial charge is 0.240 e. The van der Waals surface area contributed by atoms with Crippen molar-refractivity contribution >= 4 is 10.0 Å². The minimum Gasteiger partial charge on any atom is -0.310 e. The van der Waals surface area contributed by atoms with Crippen molar-refractivity contribution in [1.29, 1.82) is 0 Å². The highest BCUT2D eigenvalue weighted by Crippen LogP contribution is 2.20. The Morgan fingerprint density at radius 1 is 1.33 bits per heavy atom. The second kappa shape index (κ2) is 6.87. The molecule has 1 aliphatic carbocycles. The fourth-order valence-electron chi connectivity index (χ4n) is 2.29. The first kappa shape index (κ1) is 16.4. The van der Waals surface area contributed by atoms with Crippen molar-refractivity contribution in [2.75, 3.05) is 20.6 Å². The highest BCUT2D eigenvalue weighted by molar-refractivity contribution is 7.89. The maximum atomic E-state index is 12.4. The summed E-state index contributed by atoms with van der Waals surface area (Å²) in [6, 6.07) is 7.64. The van der Waals surface area contributed by atoms with E-state index in [4.69, 9.17) is 0 Å². The molecule has 0 aliphatic heterocycles. The Labute approximate surface area is 127 Å². The average Bonchev–Trinajstić information content (AvgIpc) is 3.19. The zero-order valence-corrected chi connectivity index (χ0v) is 13.8. The lowest BCUT2D eigenvalue weighted by molar-refractivity contribution is 0.370. The largest absolute Gasteiger partial charge is 0.310 e. The molecule has 5 nitrogen and oxygen atoms in total. The molecule has 1 aromatic rings. The highest BCUT2D eigenvalue weighted by atomic mass is 32.2. The Morgan fingerprint density at radius 2 is 2.05 bits per heavy atom. The van der Waals surface area contributed by atoms with E-state index >= 15 is 0 Å². The Kier molecular flexibility index (Phi) is 5.37. The molecule has 0 amide bonds. The van der Waals surface area contributed by atoms with Crippen LogP contribution in [-0.2, 0) is 16.6 Å². The van der Waals surface area contributed by atoms with Gasteiger partial charge in [0.15, 0.2) is 0 Å². The summed E-state index contributed by atoms with van der Waals surface area (Å²) in [6.45, 7) is 3.26. The summed E-state index contributed by atoms with van der Waals surface area (Å²) < 4.78 is 27.5. The van der Waals surface area contributed by atoms with Crippen molar-refractivity contribution in [2.45, 2.75) is 43.3 Å². The van der Waals surface area contributed by atoms with E-state index < -0.39 is 10.0 Å². The summed E-state index contributed by atoms with van der Waals surface area (Å²) in [7, 11) is 0.396. The predicted octanol–water partition coefficient (Wildman–Crippen LogP) is 1.17. The topological polar surface area (TPSA) is 61.4 Å². The molecule has 118 valence electrons. The lowest BCUT2D eigenvalue weighted by Gasteiger charge is -2.18. The molecule has 1 atom stereocenters. The van der Waals surface area contributed by atoms with E-state index in [1.807, 2.05) is 32.0 Å². The van der Waals surface area contributed by atoms with E-state index in [9.17, 15) is 8.42 Å². The molecule has 1 aliphatic rings. The Hall–Kier alpha value is -0.950. The fourth-order valence-corrected chi connectivity index (χ4v) is 3.59. The summed E-state index contributed by atoms with van der Waals surface area (Å²) >= 11 is 0. The van der Waals surface area contributed by atoms with Gasteiger partial charge in [-0.25, -0.2) is 13.1 Å². The van der Waals surface area contributed by atoms with Gasteiger partial charge in [0.05, 0.1) is 4.90 Å². The molecule has 6 heteroatoms. The molecule has 0 saturated heterocycles. The van der Waals surface area contributed by atoms with Crippen molar-refractivity contribution < 1.29 is 8.42 Å². The number of benzene rings is 1. The number of likely N-dealkylation sites (N-methyl/N-ethyl adjacent to an activating group) is 1. The first-order chi connectivity index (χ1) is 9.87. The van der Waals surface area contributed by atoms with Crippen molar-refractivity contribution in [1.82, 2.24) is 14.9 Å². The van der Waals surface area contributed by atoms with Gasteiger partial charge in [0.2, 0.25) is 10.0 Å². The van der Waals surface area contributed by atoms with Crippen molar-refractivity contribution in [3.8, 4) is 0 Å². The van der Waals surface area contributed by atoms with E-state index in [2.05, 4.69) is 10.0 Å². The molecule has 2 rings (SSSR count). The molecule has 1 unspecified atom stereocenters. The van der Waals surface area contributed by atoms with Crippen LogP contribution >= 0.6 is 0 Å². The van der Waals surface area contributed by atoms with Crippen molar-refractivity contribution in [2.24, 2.45) is 0 Å². The molecule has 0 spiro atoms. The molecule has 21 heavy (non-hydrogen) atoms. The molecule has 1 fully saturated rings. The molecule has 0 radical (unpaired) electrons. The van der Waals surface area contributed by atoms with Crippen LogP contribution in [-0.4, -0.2) is 46.0 Å². The van der Waals surface area contributed by atoms with Gasteiger partial charge in [-0.3, -0.25) is 0 Å².